The van der Waals surface area contributed by atoms with Crippen molar-refractivity contribution in [2.45, 2.75) is 12.8 Å². The number of pyridine rings is 2. The largest absolute Gasteiger partial charge is 0.371 e. The van der Waals surface area contributed by atoms with Gasteiger partial charge in [-0.3, -0.25) is 14.6 Å². The molecule has 32 heavy (non-hydrogen) atoms. The van der Waals surface area contributed by atoms with Gasteiger partial charge in [0.05, 0.1) is 16.3 Å². The number of hydrogen-bond donors (Lipinski definition) is 2. The zero-order valence-electron chi connectivity index (χ0n) is 17.1. The molecule has 0 bridgehead atoms. The molecule has 0 radical (unpaired) electrons. The zero-order chi connectivity index (χ0) is 22.5. The average Bonchev–Trinajstić information content (AvgIpc) is 2.82. The smallest absolute Gasteiger partial charge is 0.259 e. The number of aromatic nitrogens is 2. The zero-order valence-corrected chi connectivity index (χ0v) is 17.8. The number of benzene rings is 1. The number of nitrogens with one attached hydrogen (secondary N) is 2. The van der Waals surface area contributed by atoms with E-state index in [9.17, 15) is 14.0 Å². The van der Waals surface area contributed by atoms with E-state index in [0.29, 0.717) is 17.9 Å². The van der Waals surface area contributed by atoms with Gasteiger partial charge in [0, 0.05) is 43.3 Å². The van der Waals surface area contributed by atoms with Crippen LogP contribution in [0.5, 0.6) is 0 Å². The van der Waals surface area contributed by atoms with Crippen molar-refractivity contribution in [1.29, 1.82) is 0 Å². The van der Waals surface area contributed by atoms with Crippen LogP contribution in [0.2, 0.25) is 5.02 Å². The van der Waals surface area contributed by atoms with E-state index < -0.39 is 11.7 Å². The van der Waals surface area contributed by atoms with Crippen LogP contribution in [-0.2, 0) is 4.79 Å². The Morgan fingerprint density at radius 1 is 1.03 bits per heavy atom. The Balaban J connectivity index is 1.42. The summed E-state index contributed by atoms with van der Waals surface area (Å²) in [5.74, 6) is -1.29. The van der Waals surface area contributed by atoms with Crippen LogP contribution in [-0.4, -0.2) is 34.9 Å². The molecule has 0 saturated carbocycles. The van der Waals surface area contributed by atoms with E-state index in [1.54, 1.807) is 18.5 Å². The molecule has 7 nitrogen and oxygen atoms in total. The van der Waals surface area contributed by atoms with E-state index in [-0.39, 0.29) is 28.9 Å². The van der Waals surface area contributed by atoms with Crippen molar-refractivity contribution < 1.29 is 14.0 Å². The van der Waals surface area contributed by atoms with Gasteiger partial charge >= 0.3 is 0 Å². The van der Waals surface area contributed by atoms with Gasteiger partial charge in [-0.15, -0.1) is 0 Å². The molecule has 164 valence electrons. The van der Waals surface area contributed by atoms with Crippen molar-refractivity contribution in [3.8, 4) is 0 Å². The van der Waals surface area contributed by atoms with E-state index in [1.807, 2.05) is 12.1 Å². The first-order valence-corrected chi connectivity index (χ1v) is 10.6. The average molecular weight is 454 g/mol. The fraction of sp³-hybridized carbons (Fsp3) is 0.217. The second-order valence-corrected chi connectivity index (χ2v) is 7.90. The van der Waals surface area contributed by atoms with Crippen LogP contribution in [0.1, 0.15) is 23.2 Å². The normalized spacial score (nSPS) is 14.1. The van der Waals surface area contributed by atoms with Gasteiger partial charge in [-0.25, -0.2) is 9.37 Å². The van der Waals surface area contributed by atoms with Gasteiger partial charge < -0.3 is 15.5 Å². The summed E-state index contributed by atoms with van der Waals surface area (Å²) < 4.78 is 13.9. The molecule has 2 amide bonds. The molecule has 0 unspecified atom stereocenters. The maximum Gasteiger partial charge on any atom is 0.259 e. The van der Waals surface area contributed by atoms with Crippen LogP contribution in [0.15, 0.2) is 61.1 Å². The third-order valence-electron chi connectivity index (χ3n) is 5.35. The number of nitrogens with zero attached hydrogens (tertiary/aromatic N) is 3. The van der Waals surface area contributed by atoms with Crippen molar-refractivity contribution >= 4 is 40.6 Å². The summed E-state index contributed by atoms with van der Waals surface area (Å²) in [6.07, 6.45) is 6.23. The van der Waals surface area contributed by atoms with Crippen LogP contribution in [0.25, 0.3) is 0 Å². The highest BCUT2D eigenvalue weighted by Crippen LogP contribution is 2.25. The van der Waals surface area contributed by atoms with E-state index in [0.717, 1.165) is 24.8 Å². The molecule has 0 spiro atoms. The molecule has 2 N–H and O–H groups in total. The number of carbonyl (C=O) groups excluding carboxylic acids is 2. The first-order valence-electron chi connectivity index (χ1n) is 10.2. The SMILES string of the molecule is O=C(Nc1ccc(Cl)cn1)c1cc(F)ccc1NC(=O)C1CCN(c2ccncc2)CC1. The lowest BCUT2D eigenvalue weighted by Gasteiger charge is -2.33. The summed E-state index contributed by atoms with van der Waals surface area (Å²) in [6.45, 7) is 1.47. The molecule has 1 aromatic carbocycles. The van der Waals surface area contributed by atoms with Crippen LogP contribution < -0.4 is 15.5 Å². The Hall–Kier alpha value is -3.52. The molecule has 3 aromatic rings. The van der Waals surface area contributed by atoms with Gasteiger partial charge in [-0.05, 0) is 55.3 Å². The van der Waals surface area contributed by atoms with Gasteiger partial charge in [-0.1, -0.05) is 11.6 Å². The second kappa shape index (κ2) is 9.74. The number of carbonyl (C=O) groups is 2. The van der Waals surface area contributed by atoms with Gasteiger partial charge in [0.15, 0.2) is 0 Å². The molecule has 1 aliphatic heterocycles. The van der Waals surface area contributed by atoms with Crippen molar-refractivity contribution in [2.24, 2.45) is 5.92 Å². The lowest BCUT2D eigenvalue weighted by atomic mass is 9.95. The van der Waals surface area contributed by atoms with Gasteiger partial charge in [0.2, 0.25) is 5.91 Å². The molecule has 0 aliphatic carbocycles. The predicted molar refractivity (Wildman–Crippen MR) is 121 cm³/mol. The Morgan fingerprint density at radius 3 is 2.47 bits per heavy atom. The fourth-order valence-corrected chi connectivity index (χ4v) is 3.75. The van der Waals surface area contributed by atoms with Crippen molar-refractivity contribution in [3.05, 3.63) is 77.5 Å². The molecule has 9 heteroatoms. The second-order valence-electron chi connectivity index (χ2n) is 7.46. The summed E-state index contributed by atoms with van der Waals surface area (Å²) in [5.41, 5.74) is 1.34. The molecular formula is C23H21ClFN5O2. The third-order valence-corrected chi connectivity index (χ3v) is 5.57. The van der Waals surface area contributed by atoms with Crippen molar-refractivity contribution in [2.75, 3.05) is 28.6 Å². The van der Waals surface area contributed by atoms with Crippen LogP contribution in [0, 0.1) is 11.7 Å². The first-order chi connectivity index (χ1) is 15.5. The quantitative estimate of drug-likeness (QED) is 0.598. The molecule has 2 aromatic heterocycles. The maximum absolute atomic E-state index is 13.9. The molecule has 0 atom stereocenters. The molecule has 1 fully saturated rings. The highest BCUT2D eigenvalue weighted by Gasteiger charge is 2.26. The van der Waals surface area contributed by atoms with Crippen LogP contribution >= 0.6 is 11.6 Å². The molecular weight excluding hydrogens is 433 g/mol. The Morgan fingerprint density at radius 2 is 1.78 bits per heavy atom. The number of amides is 2. The molecule has 4 rings (SSSR count). The summed E-state index contributed by atoms with van der Waals surface area (Å²) in [7, 11) is 0. The lowest BCUT2D eigenvalue weighted by molar-refractivity contribution is -0.120. The highest BCUT2D eigenvalue weighted by molar-refractivity contribution is 6.30. The van der Waals surface area contributed by atoms with E-state index in [1.165, 1.54) is 24.4 Å². The van der Waals surface area contributed by atoms with Gasteiger partial charge in [-0.2, -0.15) is 0 Å². The number of rotatable bonds is 5. The third kappa shape index (κ3) is 5.20. The monoisotopic (exact) mass is 453 g/mol. The Labute approximate surface area is 189 Å². The highest BCUT2D eigenvalue weighted by atomic mass is 35.5. The van der Waals surface area contributed by atoms with Crippen molar-refractivity contribution in [1.82, 2.24) is 9.97 Å². The van der Waals surface area contributed by atoms with Crippen molar-refractivity contribution in [3.63, 3.8) is 0 Å². The standard InChI is InChI=1S/C23H21ClFN5O2/c24-16-1-4-21(27-14-16)29-23(32)19-13-17(25)2-3-20(19)28-22(31)15-7-11-30(12-8-15)18-5-9-26-10-6-18/h1-6,9-10,13-15H,7-8,11-12H2,(H,28,31)(H,27,29,32). The lowest BCUT2D eigenvalue weighted by Crippen LogP contribution is -2.38. The van der Waals surface area contributed by atoms with E-state index in [4.69, 9.17) is 11.6 Å². The minimum absolute atomic E-state index is 0.0179. The molecule has 1 saturated heterocycles. The summed E-state index contributed by atoms with van der Waals surface area (Å²) in [5, 5.41) is 5.82. The van der Waals surface area contributed by atoms with Gasteiger partial charge in [0.1, 0.15) is 11.6 Å². The number of anilines is 3. The van der Waals surface area contributed by atoms with Crippen LogP contribution in [0.4, 0.5) is 21.6 Å². The Bertz CT molecular complexity index is 1100. The topological polar surface area (TPSA) is 87.2 Å². The minimum atomic E-state index is -0.581. The summed E-state index contributed by atoms with van der Waals surface area (Å²) >= 11 is 5.81. The van der Waals surface area contributed by atoms with E-state index in [2.05, 4.69) is 25.5 Å². The first kappa shape index (κ1) is 21.7. The van der Waals surface area contributed by atoms with E-state index >= 15 is 0 Å². The number of halogens is 2. The Kier molecular flexibility index (Phi) is 6.61. The maximum atomic E-state index is 13.9. The summed E-state index contributed by atoms with van der Waals surface area (Å²) in [6, 6.07) is 10.7. The molecule has 1 aliphatic rings. The predicted octanol–water partition coefficient (Wildman–Crippen LogP) is 4.38. The van der Waals surface area contributed by atoms with Crippen LogP contribution in [0.3, 0.4) is 0 Å². The number of hydrogen-bond acceptors (Lipinski definition) is 5. The number of piperidine rings is 1. The molecule has 3 heterocycles. The fourth-order valence-electron chi connectivity index (χ4n) is 3.64. The summed E-state index contributed by atoms with van der Waals surface area (Å²) in [4.78, 5) is 35.8. The minimum Gasteiger partial charge on any atom is -0.371 e. The van der Waals surface area contributed by atoms with Gasteiger partial charge in [0.25, 0.3) is 5.91 Å².